The SMILES string of the molecule is CCCNC1(CO)CCCC(OCC(C)CCC)C1. The van der Waals surface area contributed by atoms with Crippen molar-refractivity contribution in [1.82, 2.24) is 5.32 Å². The van der Waals surface area contributed by atoms with Crippen molar-refractivity contribution in [2.24, 2.45) is 5.92 Å². The molecule has 1 aliphatic rings. The predicted molar refractivity (Wildman–Crippen MR) is 80.4 cm³/mol. The Labute approximate surface area is 119 Å². The number of hydrogen-bond donors (Lipinski definition) is 2. The average molecular weight is 271 g/mol. The van der Waals surface area contributed by atoms with Gasteiger partial charge in [0.25, 0.3) is 0 Å². The van der Waals surface area contributed by atoms with Crippen LogP contribution in [0.25, 0.3) is 0 Å². The molecule has 19 heavy (non-hydrogen) atoms. The van der Waals surface area contributed by atoms with Gasteiger partial charge in [0, 0.05) is 12.1 Å². The predicted octanol–water partition coefficient (Wildman–Crippen LogP) is 3.11. The van der Waals surface area contributed by atoms with Crippen LogP contribution < -0.4 is 5.32 Å². The van der Waals surface area contributed by atoms with E-state index in [1.54, 1.807) is 0 Å². The third kappa shape index (κ3) is 5.80. The van der Waals surface area contributed by atoms with Crippen LogP contribution in [0.5, 0.6) is 0 Å². The van der Waals surface area contributed by atoms with E-state index in [4.69, 9.17) is 4.74 Å². The number of aliphatic hydroxyl groups is 1. The van der Waals surface area contributed by atoms with E-state index in [0.717, 1.165) is 45.3 Å². The van der Waals surface area contributed by atoms with E-state index in [1.807, 2.05) is 0 Å². The minimum Gasteiger partial charge on any atom is -0.394 e. The zero-order chi connectivity index (χ0) is 14.1. The van der Waals surface area contributed by atoms with Gasteiger partial charge < -0.3 is 15.2 Å². The summed E-state index contributed by atoms with van der Waals surface area (Å²) in [6.45, 7) is 8.75. The molecule has 0 aromatic rings. The summed E-state index contributed by atoms with van der Waals surface area (Å²) in [5, 5.41) is 13.3. The summed E-state index contributed by atoms with van der Waals surface area (Å²) >= 11 is 0. The van der Waals surface area contributed by atoms with Crippen LogP contribution in [0.15, 0.2) is 0 Å². The monoisotopic (exact) mass is 271 g/mol. The highest BCUT2D eigenvalue weighted by Crippen LogP contribution is 2.30. The van der Waals surface area contributed by atoms with E-state index in [1.165, 1.54) is 12.8 Å². The van der Waals surface area contributed by atoms with Gasteiger partial charge in [0.1, 0.15) is 0 Å². The van der Waals surface area contributed by atoms with Crippen molar-refractivity contribution in [3.05, 3.63) is 0 Å². The Morgan fingerprint density at radius 2 is 2.16 bits per heavy atom. The molecule has 3 nitrogen and oxygen atoms in total. The Morgan fingerprint density at radius 3 is 2.79 bits per heavy atom. The summed E-state index contributed by atoms with van der Waals surface area (Å²) in [5.74, 6) is 0.652. The van der Waals surface area contributed by atoms with E-state index >= 15 is 0 Å². The maximum atomic E-state index is 9.73. The molecular formula is C16H33NO2. The first kappa shape index (κ1) is 16.9. The van der Waals surface area contributed by atoms with Crippen LogP contribution in [0.2, 0.25) is 0 Å². The molecule has 1 saturated carbocycles. The average Bonchev–Trinajstić information content (AvgIpc) is 2.44. The van der Waals surface area contributed by atoms with E-state index in [-0.39, 0.29) is 12.1 Å². The Bertz CT molecular complexity index is 235. The number of rotatable bonds is 9. The van der Waals surface area contributed by atoms with E-state index < -0.39 is 0 Å². The zero-order valence-corrected chi connectivity index (χ0v) is 13.1. The standard InChI is InChI=1S/C16H33NO2/c1-4-7-14(3)12-19-15-8-6-9-16(11-15,13-18)17-10-5-2/h14-15,17-18H,4-13H2,1-3H3. The molecule has 0 saturated heterocycles. The van der Waals surface area contributed by atoms with Gasteiger partial charge in [0.2, 0.25) is 0 Å². The first-order valence-electron chi connectivity index (χ1n) is 8.13. The number of nitrogens with one attached hydrogen (secondary N) is 1. The fraction of sp³-hybridized carbons (Fsp3) is 1.00. The van der Waals surface area contributed by atoms with Crippen molar-refractivity contribution < 1.29 is 9.84 Å². The van der Waals surface area contributed by atoms with Gasteiger partial charge in [-0.3, -0.25) is 0 Å². The Kier molecular flexibility index (Phi) is 7.96. The third-order valence-electron chi connectivity index (χ3n) is 4.25. The van der Waals surface area contributed by atoms with Crippen LogP contribution in [0, 0.1) is 5.92 Å². The molecule has 0 aromatic carbocycles. The van der Waals surface area contributed by atoms with Crippen LogP contribution in [-0.4, -0.2) is 36.5 Å². The molecule has 2 N–H and O–H groups in total. The number of hydrogen-bond acceptors (Lipinski definition) is 3. The summed E-state index contributed by atoms with van der Waals surface area (Å²) in [5.41, 5.74) is -0.0904. The second-order valence-corrected chi connectivity index (χ2v) is 6.31. The molecule has 0 heterocycles. The van der Waals surface area contributed by atoms with Crippen LogP contribution >= 0.6 is 0 Å². The first-order valence-corrected chi connectivity index (χ1v) is 8.13. The lowest BCUT2D eigenvalue weighted by molar-refractivity contribution is -0.0277. The van der Waals surface area contributed by atoms with Crippen molar-refractivity contribution in [1.29, 1.82) is 0 Å². The van der Waals surface area contributed by atoms with Crippen molar-refractivity contribution >= 4 is 0 Å². The second-order valence-electron chi connectivity index (χ2n) is 6.31. The highest BCUT2D eigenvalue weighted by atomic mass is 16.5. The van der Waals surface area contributed by atoms with Crippen LogP contribution in [0.4, 0.5) is 0 Å². The lowest BCUT2D eigenvalue weighted by Gasteiger charge is -2.40. The van der Waals surface area contributed by atoms with Gasteiger partial charge in [-0.15, -0.1) is 0 Å². The van der Waals surface area contributed by atoms with Crippen molar-refractivity contribution in [2.75, 3.05) is 19.8 Å². The highest BCUT2D eigenvalue weighted by molar-refractivity contribution is 4.93. The summed E-state index contributed by atoms with van der Waals surface area (Å²) in [6, 6.07) is 0. The molecule has 0 aliphatic heterocycles. The molecule has 3 atom stereocenters. The molecule has 3 unspecified atom stereocenters. The van der Waals surface area contributed by atoms with E-state index in [2.05, 4.69) is 26.1 Å². The molecule has 1 fully saturated rings. The van der Waals surface area contributed by atoms with Gasteiger partial charge in [-0.1, -0.05) is 27.2 Å². The van der Waals surface area contributed by atoms with Gasteiger partial charge in [0.05, 0.1) is 12.7 Å². The minimum atomic E-state index is -0.0904. The Hall–Kier alpha value is -0.120. The van der Waals surface area contributed by atoms with Gasteiger partial charge >= 0.3 is 0 Å². The molecule has 1 rings (SSSR count). The van der Waals surface area contributed by atoms with Crippen molar-refractivity contribution in [3.63, 3.8) is 0 Å². The van der Waals surface area contributed by atoms with Gasteiger partial charge in [-0.05, 0) is 51.0 Å². The van der Waals surface area contributed by atoms with Gasteiger partial charge in [-0.25, -0.2) is 0 Å². The largest absolute Gasteiger partial charge is 0.394 e. The zero-order valence-electron chi connectivity index (χ0n) is 13.1. The Morgan fingerprint density at radius 1 is 1.37 bits per heavy atom. The maximum absolute atomic E-state index is 9.73. The highest BCUT2D eigenvalue weighted by Gasteiger charge is 2.35. The smallest absolute Gasteiger partial charge is 0.0614 e. The van der Waals surface area contributed by atoms with E-state index in [9.17, 15) is 5.11 Å². The molecule has 3 heteroatoms. The lowest BCUT2D eigenvalue weighted by Crippen LogP contribution is -2.53. The quantitative estimate of drug-likeness (QED) is 0.677. The maximum Gasteiger partial charge on any atom is 0.0614 e. The topological polar surface area (TPSA) is 41.5 Å². The normalized spacial score (nSPS) is 29.4. The molecule has 0 radical (unpaired) electrons. The number of aliphatic hydroxyl groups excluding tert-OH is 1. The minimum absolute atomic E-state index is 0.0904. The molecule has 0 spiro atoms. The van der Waals surface area contributed by atoms with Crippen molar-refractivity contribution in [3.8, 4) is 0 Å². The van der Waals surface area contributed by atoms with Gasteiger partial charge in [-0.2, -0.15) is 0 Å². The summed E-state index contributed by atoms with van der Waals surface area (Å²) in [7, 11) is 0. The number of ether oxygens (including phenoxy) is 1. The lowest BCUT2D eigenvalue weighted by atomic mass is 9.80. The molecule has 1 aliphatic carbocycles. The van der Waals surface area contributed by atoms with Crippen LogP contribution in [0.1, 0.15) is 65.7 Å². The van der Waals surface area contributed by atoms with Gasteiger partial charge in [0.15, 0.2) is 0 Å². The summed E-state index contributed by atoms with van der Waals surface area (Å²) in [6.07, 6.45) is 8.25. The summed E-state index contributed by atoms with van der Waals surface area (Å²) < 4.78 is 6.08. The van der Waals surface area contributed by atoms with Crippen LogP contribution in [-0.2, 0) is 4.74 Å². The van der Waals surface area contributed by atoms with Crippen LogP contribution in [0.3, 0.4) is 0 Å². The first-order chi connectivity index (χ1) is 9.15. The van der Waals surface area contributed by atoms with E-state index in [0.29, 0.717) is 12.0 Å². The summed E-state index contributed by atoms with van der Waals surface area (Å²) in [4.78, 5) is 0. The Balaban J connectivity index is 2.39. The molecule has 0 amide bonds. The molecule has 0 aromatic heterocycles. The fourth-order valence-electron chi connectivity index (χ4n) is 3.08. The fourth-order valence-corrected chi connectivity index (χ4v) is 3.08. The molecular weight excluding hydrogens is 238 g/mol. The molecule has 114 valence electrons. The third-order valence-corrected chi connectivity index (χ3v) is 4.25. The molecule has 0 bridgehead atoms. The van der Waals surface area contributed by atoms with Crippen molar-refractivity contribution in [2.45, 2.75) is 77.4 Å². The second kappa shape index (κ2) is 8.93.